The van der Waals surface area contributed by atoms with Crippen molar-refractivity contribution in [1.82, 2.24) is 4.98 Å². The van der Waals surface area contributed by atoms with Gasteiger partial charge < -0.3 is 14.8 Å². The number of nitrogens with zero attached hydrogens (tertiary/aromatic N) is 1. The van der Waals surface area contributed by atoms with Crippen LogP contribution in [0.5, 0.6) is 0 Å². The molecule has 0 amide bonds. The predicted molar refractivity (Wildman–Crippen MR) is 78.6 cm³/mol. The highest BCUT2D eigenvalue weighted by Gasteiger charge is 2.09. The van der Waals surface area contributed by atoms with Crippen LogP contribution in [0.4, 0.5) is 16.1 Å². The maximum absolute atomic E-state index is 12.8. The number of oxazole rings is 1. The van der Waals surface area contributed by atoms with Gasteiger partial charge in [0.15, 0.2) is 5.76 Å². The molecular weight excluding hydrogens is 287 g/mol. The molecule has 5 nitrogen and oxygen atoms in total. The molecular formula is C16H11FN2O3. The Labute approximate surface area is 125 Å². The maximum Gasteiger partial charge on any atom is 0.335 e. The number of halogens is 1. The zero-order valence-electron chi connectivity index (χ0n) is 11.3. The minimum absolute atomic E-state index is 0.168. The molecule has 0 aliphatic heterocycles. The van der Waals surface area contributed by atoms with Gasteiger partial charge in [0.25, 0.3) is 6.01 Å². The number of benzene rings is 2. The molecule has 0 aliphatic rings. The SMILES string of the molecule is O=C(O)c1cccc(-c2cnc(Nc3ccc(F)cc3)o2)c1. The fraction of sp³-hybridized carbons (Fsp3) is 0. The zero-order valence-corrected chi connectivity index (χ0v) is 11.3. The number of aromatic nitrogens is 1. The summed E-state index contributed by atoms with van der Waals surface area (Å²) < 4.78 is 18.4. The summed E-state index contributed by atoms with van der Waals surface area (Å²) in [5, 5.41) is 11.9. The van der Waals surface area contributed by atoms with Gasteiger partial charge >= 0.3 is 5.97 Å². The second-order valence-corrected chi connectivity index (χ2v) is 4.55. The molecule has 3 aromatic rings. The van der Waals surface area contributed by atoms with Crippen molar-refractivity contribution in [2.75, 3.05) is 5.32 Å². The van der Waals surface area contributed by atoms with Crippen molar-refractivity contribution < 1.29 is 18.7 Å². The van der Waals surface area contributed by atoms with Crippen LogP contribution in [-0.2, 0) is 0 Å². The second kappa shape index (κ2) is 5.69. The van der Waals surface area contributed by atoms with Crippen LogP contribution in [0.15, 0.2) is 59.1 Å². The first kappa shape index (κ1) is 13.8. The van der Waals surface area contributed by atoms with Crippen LogP contribution >= 0.6 is 0 Å². The molecule has 3 rings (SSSR count). The van der Waals surface area contributed by atoms with Gasteiger partial charge in [0, 0.05) is 11.3 Å². The molecule has 0 fully saturated rings. The largest absolute Gasteiger partial charge is 0.478 e. The van der Waals surface area contributed by atoms with Gasteiger partial charge in [0.1, 0.15) is 5.82 Å². The molecule has 1 heterocycles. The van der Waals surface area contributed by atoms with Crippen LogP contribution < -0.4 is 5.32 Å². The van der Waals surface area contributed by atoms with Crippen LogP contribution in [0.3, 0.4) is 0 Å². The lowest BCUT2D eigenvalue weighted by Crippen LogP contribution is -1.95. The molecule has 1 aromatic heterocycles. The molecule has 6 heteroatoms. The Morgan fingerprint density at radius 3 is 2.68 bits per heavy atom. The minimum Gasteiger partial charge on any atom is -0.478 e. The van der Waals surface area contributed by atoms with Crippen molar-refractivity contribution >= 4 is 17.7 Å². The summed E-state index contributed by atoms with van der Waals surface area (Å²) in [6.45, 7) is 0. The summed E-state index contributed by atoms with van der Waals surface area (Å²) in [6.07, 6.45) is 1.49. The Hall–Kier alpha value is -3.15. The topological polar surface area (TPSA) is 75.4 Å². The molecule has 0 radical (unpaired) electrons. The number of rotatable bonds is 4. The van der Waals surface area contributed by atoms with E-state index in [0.717, 1.165) is 0 Å². The third kappa shape index (κ3) is 2.95. The first-order chi connectivity index (χ1) is 10.6. The normalized spacial score (nSPS) is 10.4. The molecule has 0 spiro atoms. The third-order valence-electron chi connectivity index (χ3n) is 3.00. The highest BCUT2D eigenvalue weighted by molar-refractivity contribution is 5.89. The number of aromatic carboxylic acids is 1. The first-order valence-electron chi connectivity index (χ1n) is 6.44. The van der Waals surface area contributed by atoms with E-state index >= 15 is 0 Å². The van der Waals surface area contributed by atoms with E-state index in [2.05, 4.69) is 10.3 Å². The maximum atomic E-state index is 12.8. The number of hydrogen-bond acceptors (Lipinski definition) is 4. The number of carbonyl (C=O) groups is 1. The number of carboxylic acid groups (broad SMARTS) is 1. The monoisotopic (exact) mass is 298 g/mol. The number of nitrogens with one attached hydrogen (secondary N) is 1. The van der Waals surface area contributed by atoms with Crippen LogP contribution in [0.25, 0.3) is 11.3 Å². The van der Waals surface area contributed by atoms with Crippen molar-refractivity contribution in [3.63, 3.8) is 0 Å². The van der Waals surface area contributed by atoms with Crippen molar-refractivity contribution in [2.45, 2.75) is 0 Å². The Morgan fingerprint density at radius 2 is 1.95 bits per heavy atom. The standard InChI is InChI=1S/C16H11FN2O3/c17-12-4-6-13(7-5-12)19-16-18-9-14(22-16)10-2-1-3-11(8-10)15(20)21/h1-9H,(H,18,19)(H,20,21). The van der Waals surface area contributed by atoms with E-state index in [4.69, 9.17) is 9.52 Å². The lowest BCUT2D eigenvalue weighted by atomic mass is 10.1. The molecule has 0 atom stereocenters. The van der Waals surface area contributed by atoms with E-state index in [-0.39, 0.29) is 17.4 Å². The summed E-state index contributed by atoms with van der Waals surface area (Å²) in [5.74, 6) is -0.900. The fourth-order valence-electron chi connectivity index (χ4n) is 1.93. The Morgan fingerprint density at radius 1 is 1.18 bits per heavy atom. The highest BCUT2D eigenvalue weighted by atomic mass is 19.1. The van der Waals surface area contributed by atoms with Crippen LogP contribution in [0, 0.1) is 5.82 Å². The van der Waals surface area contributed by atoms with Crippen molar-refractivity contribution in [3.05, 3.63) is 66.1 Å². The molecule has 110 valence electrons. The summed E-state index contributed by atoms with van der Waals surface area (Å²) >= 11 is 0. The predicted octanol–water partition coefficient (Wildman–Crippen LogP) is 3.92. The van der Waals surface area contributed by atoms with Gasteiger partial charge in [-0.15, -0.1) is 0 Å². The van der Waals surface area contributed by atoms with Gasteiger partial charge in [-0.25, -0.2) is 14.2 Å². The van der Waals surface area contributed by atoms with Gasteiger partial charge in [-0.3, -0.25) is 0 Å². The summed E-state index contributed by atoms with van der Waals surface area (Å²) in [4.78, 5) is 15.0. The Bertz CT molecular complexity index is 812. The van der Waals surface area contributed by atoms with Gasteiger partial charge in [-0.05, 0) is 36.4 Å². The van der Waals surface area contributed by atoms with Gasteiger partial charge in [0.2, 0.25) is 0 Å². The third-order valence-corrected chi connectivity index (χ3v) is 3.00. The molecule has 22 heavy (non-hydrogen) atoms. The van der Waals surface area contributed by atoms with Crippen LogP contribution in [0.2, 0.25) is 0 Å². The zero-order chi connectivity index (χ0) is 15.5. The average Bonchev–Trinajstić information content (AvgIpc) is 2.98. The number of carboxylic acids is 1. The van der Waals surface area contributed by atoms with Crippen LogP contribution in [-0.4, -0.2) is 16.1 Å². The van der Waals surface area contributed by atoms with Crippen molar-refractivity contribution in [1.29, 1.82) is 0 Å². The summed E-state index contributed by atoms with van der Waals surface area (Å²) in [7, 11) is 0. The second-order valence-electron chi connectivity index (χ2n) is 4.55. The molecule has 0 aliphatic carbocycles. The smallest absolute Gasteiger partial charge is 0.335 e. The van der Waals surface area contributed by atoms with E-state index in [9.17, 15) is 9.18 Å². The average molecular weight is 298 g/mol. The van der Waals surface area contributed by atoms with Crippen LogP contribution in [0.1, 0.15) is 10.4 Å². The van der Waals surface area contributed by atoms with E-state index in [1.807, 2.05) is 0 Å². The highest BCUT2D eigenvalue weighted by Crippen LogP contribution is 2.25. The molecule has 0 saturated heterocycles. The molecule has 2 N–H and O–H groups in total. The fourth-order valence-corrected chi connectivity index (χ4v) is 1.93. The Balaban J connectivity index is 1.83. The number of hydrogen-bond donors (Lipinski definition) is 2. The molecule has 0 bridgehead atoms. The molecule has 0 unspecified atom stereocenters. The minimum atomic E-state index is -1.01. The van der Waals surface area contributed by atoms with Crippen molar-refractivity contribution in [3.8, 4) is 11.3 Å². The summed E-state index contributed by atoms with van der Waals surface area (Å²) in [5.41, 5.74) is 1.41. The molecule has 0 saturated carbocycles. The lowest BCUT2D eigenvalue weighted by Gasteiger charge is -2.01. The number of anilines is 2. The van der Waals surface area contributed by atoms with E-state index in [1.165, 1.54) is 30.5 Å². The summed E-state index contributed by atoms with van der Waals surface area (Å²) in [6, 6.07) is 12.4. The van der Waals surface area contributed by atoms with E-state index < -0.39 is 5.97 Å². The van der Waals surface area contributed by atoms with E-state index in [1.54, 1.807) is 24.3 Å². The quantitative estimate of drug-likeness (QED) is 0.763. The van der Waals surface area contributed by atoms with Crippen molar-refractivity contribution in [2.24, 2.45) is 0 Å². The molecule has 2 aromatic carbocycles. The lowest BCUT2D eigenvalue weighted by molar-refractivity contribution is 0.0697. The van der Waals surface area contributed by atoms with Gasteiger partial charge in [0.05, 0.1) is 11.8 Å². The van der Waals surface area contributed by atoms with Gasteiger partial charge in [-0.2, -0.15) is 0 Å². The van der Waals surface area contributed by atoms with Gasteiger partial charge in [-0.1, -0.05) is 12.1 Å². The first-order valence-corrected chi connectivity index (χ1v) is 6.44. The Kier molecular flexibility index (Phi) is 3.57. The van der Waals surface area contributed by atoms with E-state index in [0.29, 0.717) is 17.0 Å².